The molecule has 0 spiro atoms. The SMILES string of the molecule is O=C(O)c1cccnc1SCc1ccc(I)cc1. The number of aromatic nitrogens is 1. The second-order valence-electron chi connectivity index (χ2n) is 3.58. The lowest BCUT2D eigenvalue weighted by atomic mass is 10.2. The van der Waals surface area contributed by atoms with Crippen LogP contribution in [0.4, 0.5) is 0 Å². The van der Waals surface area contributed by atoms with E-state index in [0.717, 1.165) is 5.56 Å². The Hall–Kier alpha value is -1.08. The number of hydrogen-bond donors (Lipinski definition) is 1. The molecule has 1 aromatic heterocycles. The van der Waals surface area contributed by atoms with E-state index < -0.39 is 5.97 Å². The number of carboxylic acids is 1. The zero-order valence-corrected chi connectivity index (χ0v) is 12.3. The Labute approximate surface area is 123 Å². The topological polar surface area (TPSA) is 50.2 Å². The van der Waals surface area contributed by atoms with Crippen LogP contribution in [0.3, 0.4) is 0 Å². The maximum atomic E-state index is 11.0. The number of hydrogen-bond acceptors (Lipinski definition) is 3. The minimum Gasteiger partial charge on any atom is -0.478 e. The molecule has 2 aromatic rings. The molecule has 0 fully saturated rings. The van der Waals surface area contributed by atoms with Crippen molar-refractivity contribution in [2.24, 2.45) is 0 Å². The van der Waals surface area contributed by atoms with Gasteiger partial charge in [-0.25, -0.2) is 9.78 Å². The molecule has 18 heavy (non-hydrogen) atoms. The zero-order chi connectivity index (χ0) is 13.0. The second kappa shape index (κ2) is 6.19. The van der Waals surface area contributed by atoms with Gasteiger partial charge in [0.1, 0.15) is 5.03 Å². The number of halogens is 1. The van der Waals surface area contributed by atoms with Gasteiger partial charge < -0.3 is 5.11 Å². The number of rotatable bonds is 4. The van der Waals surface area contributed by atoms with Crippen molar-refractivity contribution in [1.82, 2.24) is 4.98 Å². The largest absolute Gasteiger partial charge is 0.478 e. The summed E-state index contributed by atoms with van der Waals surface area (Å²) in [6, 6.07) is 11.4. The molecule has 0 saturated heterocycles. The van der Waals surface area contributed by atoms with Crippen molar-refractivity contribution in [3.8, 4) is 0 Å². The summed E-state index contributed by atoms with van der Waals surface area (Å²) in [5.74, 6) is -0.220. The Morgan fingerprint density at radius 1 is 1.28 bits per heavy atom. The van der Waals surface area contributed by atoms with Crippen LogP contribution in [0.15, 0.2) is 47.6 Å². The first kappa shape index (κ1) is 13.4. The second-order valence-corrected chi connectivity index (χ2v) is 5.79. The maximum absolute atomic E-state index is 11.0. The number of nitrogens with zero attached hydrogens (tertiary/aromatic N) is 1. The van der Waals surface area contributed by atoms with E-state index >= 15 is 0 Å². The third kappa shape index (κ3) is 3.46. The third-order valence-corrected chi connectivity index (χ3v) is 4.09. The van der Waals surface area contributed by atoms with Gasteiger partial charge in [0.15, 0.2) is 0 Å². The highest BCUT2D eigenvalue weighted by Gasteiger charge is 2.10. The van der Waals surface area contributed by atoms with E-state index in [2.05, 4.69) is 27.6 Å². The van der Waals surface area contributed by atoms with Crippen molar-refractivity contribution in [3.05, 3.63) is 57.3 Å². The Balaban J connectivity index is 2.10. The number of benzene rings is 1. The first-order chi connectivity index (χ1) is 8.66. The van der Waals surface area contributed by atoms with Crippen molar-refractivity contribution in [1.29, 1.82) is 0 Å². The van der Waals surface area contributed by atoms with E-state index in [4.69, 9.17) is 5.11 Å². The van der Waals surface area contributed by atoms with Gasteiger partial charge in [-0.05, 0) is 52.4 Å². The predicted molar refractivity (Wildman–Crippen MR) is 79.9 cm³/mol. The molecule has 3 nitrogen and oxygen atoms in total. The fourth-order valence-corrected chi connectivity index (χ4v) is 2.70. The molecule has 5 heteroatoms. The van der Waals surface area contributed by atoms with Gasteiger partial charge in [-0.2, -0.15) is 0 Å². The maximum Gasteiger partial charge on any atom is 0.338 e. The van der Waals surface area contributed by atoms with E-state index in [1.54, 1.807) is 18.3 Å². The van der Waals surface area contributed by atoms with Crippen LogP contribution in [0.5, 0.6) is 0 Å². The van der Waals surface area contributed by atoms with E-state index in [1.807, 2.05) is 24.3 Å². The van der Waals surface area contributed by atoms with Crippen LogP contribution < -0.4 is 0 Å². The molecule has 0 aliphatic rings. The molecule has 0 aliphatic carbocycles. The number of pyridine rings is 1. The molecule has 0 aliphatic heterocycles. The fraction of sp³-hybridized carbons (Fsp3) is 0.0769. The van der Waals surface area contributed by atoms with Crippen LogP contribution in [0.1, 0.15) is 15.9 Å². The standard InChI is InChI=1S/C13H10INO2S/c14-10-5-3-9(4-6-10)8-18-12-11(13(16)17)2-1-7-15-12/h1-7H,8H2,(H,16,17). The minimum atomic E-state index is -0.937. The Kier molecular flexibility index (Phi) is 4.60. The Bertz CT molecular complexity index is 557. The molecule has 2 rings (SSSR count). The van der Waals surface area contributed by atoms with Crippen LogP contribution in [0, 0.1) is 3.57 Å². The van der Waals surface area contributed by atoms with Crippen molar-refractivity contribution in [2.45, 2.75) is 10.8 Å². The Morgan fingerprint density at radius 2 is 2.00 bits per heavy atom. The highest BCUT2D eigenvalue weighted by molar-refractivity contribution is 14.1. The molecule has 0 atom stereocenters. The van der Waals surface area contributed by atoms with Gasteiger partial charge in [0.05, 0.1) is 5.56 Å². The van der Waals surface area contributed by atoms with Crippen LogP contribution >= 0.6 is 34.4 Å². The lowest BCUT2D eigenvalue weighted by Crippen LogP contribution is -2.00. The molecule has 92 valence electrons. The highest BCUT2D eigenvalue weighted by Crippen LogP contribution is 2.24. The van der Waals surface area contributed by atoms with Gasteiger partial charge in [-0.1, -0.05) is 12.1 Å². The predicted octanol–water partition coefficient (Wildman–Crippen LogP) is 3.68. The molecule has 1 N–H and O–H groups in total. The monoisotopic (exact) mass is 371 g/mol. The normalized spacial score (nSPS) is 10.3. The number of carboxylic acid groups (broad SMARTS) is 1. The summed E-state index contributed by atoms with van der Waals surface area (Å²) in [6.45, 7) is 0. The number of carbonyl (C=O) groups is 1. The minimum absolute atomic E-state index is 0.257. The number of aromatic carboxylic acids is 1. The van der Waals surface area contributed by atoms with Crippen molar-refractivity contribution in [2.75, 3.05) is 0 Å². The van der Waals surface area contributed by atoms with Crippen molar-refractivity contribution >= 4 is 40.3 Å². The van der Waals surface area contributed by atoms with Gasteiger partial charge >= 0.3 is 5.97 Å². The van der Waals surface area contributed by atoms with Crippen molar-refractivity contribution in [3.63, 3.8) is 0 Å². The lowest BCUT2D eigenvalue weighted by molar-refractivity contribution is 0.0692. The van der Waals surface area contributed by atoms with Crippen LogP contribution in [-0.4, -0.2) is 16.1 Å². The average Bonchev–Trinajstić information content (AvgIpc) is 2.38. The zero-order valence-electron chi connectivity index (χ0n) is 9.34. The first-order valence-electron chi connectivity index (χ1n) is 5.22. The Morgan fingerprint density at radius 3 is 2.67 bits per heavy atom. The van der Waals surface area contributed by atoms with Crippen molar-refractivity contribution < 1.29 is 9.90 Å². The molecule has 1 aromatic carbocycles. The molecular weight excluding hydrogens is 361 g/mol. The van der Waals surface area contributed by atoms with Gasteiger partial charge in [-0.15, -0.1) is 11.8 Å². The van der Waals surface area contributed by atoms with E-state index in [9.17, 15) is 4.79 Å². The molecule has 0 unspecified atom stereocenters. The van der Waals surface area contributed by atoms with Gasteiger partial charge in [0, 0.05) is 15.5 Å². The summed E-state index contributed by atoms with van der Waals surface area (Å²) in [5, 5.41) is 9.60. The summed E-state index contributed by atoms with van der Waals surface area (Å²) in [7, 11) is 0. The summed E-state index contributed by atoms with van der Waals surface area (Å²) >= 11 is 3.69. The van der Waals surface area contributed by atoms with E-state index in [0.29, 0.717) is 10.8 Å². The molecule has 1 heterocycles. The number of thioether (sulfide) groups is 1. The molecular formula is C13H10INO2S. The molecule has 0 amide bonds. The molecule has 0 bridgehead atoms. The third-order valence-electron chi connectivity index (χ3n) is 2.29. The summed E-state index contributed by atoms with van der Waals surface area (Å²) < 4.78 is 1.19. The van der Waals surface area contributed by atoms with Crippen LogP contribution in [0.2, 0.25) is 0 Å². The quantitative estimate of drug-likeness (QED) is 0.658. The summed E-state index contributed by atoms with van der Waals surface area (Å²) in [5.41, 5.74) is 1.41. The highest BCUT2D eigenvalue weighted by atomic mass is 127. The lowest BCUT2D eigenvalue weighted by Gasteiger charge is -2.04. The van der Waals surface area contributed by atoms with E-state index in [1.165, 1.54) is 15.3 Å². The van der Waals surface area contributed by atoms with Gasteiger partial charge in [-0.3, -0.25) is 0 Å². The first-order valence-corrected chi connectivity index (χ1v) is 7.29. The van der Waals surface area contributed by atoms with Crippen LogP contribution in [-0.2, 0) is 5.75 Å². The fourth-order valence-electron chi connectivity index (χ4n) is 1.40. The van der Waals surface area contributed by atoms with E-state index in [-0.39, 0.29) is 5.56 Å². The smallest absolute Gasteiger partial charge is 0.338 e. The average molecular weight is 371 g/mol. The van der Waals surface area contributed by atoms with Crippen LogP contribution in [0.25, 0.3) is 0 Å². The molecule has 0 radical (unpaired) electrons. The van der Waals surface area contributed by atoms with Gasteiger partial charge in [0.25, 0.3) is 0 Å². The van der Waals surface area contributed by atoms with Gasteiger partial charge in [0.2, 0.25) is 0 Å². The molecule has 0 saturated carbocycles. The summed E-state index contributed by atoms with van der Waals surface area (Å²) in [4.78, 5) is 15.1. The summed E-state index contributed by atoms with van der Waals surface area (Å²) in [6.07, 6.45) is 1.61.